The minimum Gasteiger partial charge on any atom is -0.277 e. The van der Waals surface area contributed by atoms with E-state index in [9.17, 15) is 5.26 Å². The molecule has 0 aliphatic rings. The maximum Gasteiger partial charge on any atom is 0.196 e. The first kappa shape index (κ1) is 19.3. The summed E-state index contributed by atoms with van der Waals surface area (Å²) in [5.74, 6) is 0.634. The van der Waals surface area contributed by atoms with Crippen molar-refractivity contribution in [1.82, 2.24) is 4.98 Å². The molecule has 0 atom stereocenters. The predicted molar refractivity (Wildman–Crippen MR) is 116 cm³/mol. The quantitative estimate of drug-likeness (QED) is 0.372. The Bertz CT molecular complexity index is 967. The van der Waals surface area contributed by atoms with Crippen LogP contribution in [0.4, 0.5) is 5.69 Å². The Morgan fingerprint density at radius 1 is 1.19 bits per heavy atom. The number of nitrogens with one attached hydrogen (secondary N) is 1. The first-order valence-corrected chi connectivity index (χ1v) is 10.3. The van der Waals surface area contributed by atoms with Crippen LogP contribution in [0.1, 0.15) is 24.4 Å². The molecule has 3 aromatic rings. The van der Waals surface area contributed by atoms with Gasteiger partial charge in [-0.2, -0.15) is 10.4 Å². The van der Waals surface area contributed by atoms with E-state index in [0.717, 1.165) is 27.8 Å². The first-order valence-electron chi connectivity index (χ1n) is 8.59. The zero-order chi connectivity index (χ0) is 19.2. The largest absolute Gasteiger partial charge is 0.277 e. The van der Waals surface area contributed by atoms with Crippen molar-refractivity contribution >= 4 is 38.7 Å². The summed E-state index contributed by atoms with van der Waals surface area (Å²) in [6, 6.07) is 18.2. The second-order valence-corrected chi connectivity index (χ2v) is 8.30. The Morgan fingerprint density at radius 3 is 2.52 bits per heavy atom. The van der Waals surface area contributed by atoms with Crippen molar-refractivity contribution in [2.24, 2.45) is 11.0 Å². The van der Waals surface area contributed by atoms with Crippen LogP contribution in [0.3, 0.4) is 0 Å². The molecular weight excluding hydrogens is 420 g/mol. The molecule has 0 saturated heterocycles. The van der Waals surface area contributed by atoms with E-state index in [-0.39, 0.29) is 5.71 Å². The van der Waals surface area contributed by atoms with Gasteiger partial charge in [0.2, 0.25) is 0 Å². The molecule has 4 nitrogen and oxygen atoms in total. The van der Waals surface area contributed by atoms with Gasteiger partial charge in [0.25, 0.3) is 0 Å². The molecule has 3 rings (SSSR count). The van der Waals surface area contributed by atoms with Gasteiger partial charge in [0.15, 0.2) is 10.7 Å². The molecule has 6 heteroatoms. The Labute approximate surface area is 171 Å². The molecule has 27 heavy (non-hydrogen) atoms. The fraction of sp³-hybridized carbons (Fsp3) is 0.190. The van der Waals surface area contributed by atoms with Crippen LogP contribution in [0.2, 0.25) is 0 Å². The molecule has 0 saturated carbocycles. The molecule has 0 fully saturated rings. The topological polar surface area (TPSA) is 61.1 Å². The maximum absolute atomic E-state index is 9.44. The fourth-order valence-corrected chi connectivity index (χ4v) is 3.59. The van der Waals surface area contributed by atoms with Gasteiger partial charge in [0.1, 0.15) is 6.07 Å². The van der Waals surface area contributed by atoms with Crippen LogP contribution in [0.15, 0.2) is 63.5 Å². The summed E-state index contributed by atoms with van der Waals surface area (Å²) in [7, 11) is 0. The Morgan fingerprint density at radius 2 is 1.89 bits per heavy atom. The Balaban J connectivity index is 1.75. The number of rotatable bonds is 6. The van der Waals surface area contributed by atoms with Crippen molar-refractivity contribution in [3.63, 3.8) is 0 Å². The summed E-state index contributed by atoms with van der Waals surface area (Å²) in [4.78, 5) is 4.59. The van der Waals surface area contributed by atoms with E-state index in [1.54, 1.807) is 0 Å². The lowest BCUT2D eigenvalue weighted by molar-refractivity contribution is 0.647. The zero-order valence-electron chi connectivity index (χ0n) is 15.1. The minimum absolute atomic E-state index is 0.269. The third kappa shape index (κ3) is 5.25. The molecule has 0 radical (unpaired) electrons. The molecule has 0 bridgehead atoms. The molecule has 1 N–H and O–H groups in total. The number of aromatic nitrogens is 1. The van der Waals surface area contributed by atoms with E-state index < -0.39 is 0 Å². The van der Waals surface area contributed by atoms with Crippen molar-refractivity contribution < 1.29 is 0 Å². The lowest BCUT2D eigenvalue weighted by Crippen LogP contribution is -2.01. The van der Waals surface area contributed by atoms with Crippen molar-refractivity contribution in [3.05, 3.63) is 69.0 Å². The van der Waals surface area contributed by atoms with E-state index in [2.05, 4.69) is 75.6 Å². The number of hydrogen-bond acceptors (Lipinski definition) is 5. The van der Waals surface area contributed by atoms with Crippen LogP contribution in [0.5, 0.6) is 0 Å². The van der Waals surface area contributed by atoms with Crippen molar-refractivity contribution in [3.8, 4) is 17.3 Å². The van der Waals surface area contributed by atoms with Crippen molar-refractivity contribution in [2.45, 2.75) is 20.3 Å². The van der Waals surface area contributed by atoms with E-state index in [4.69, 9.17) is 0 Å². The lowest BCUT2D eigenvalue weighted by atomic mass is 10.0. The zero-order valence-corrected chi connectivity index (χ0v) is 17.5. The number of hydrogen-bond donors (Lipinski definition) is 1. The highest BCUT2D eigenvalue weighted by molar-refractivity contribution is 9.10. The van der Waals surface area contributed by atoms with Crippen LogP contribution in [0.25, 0.3) is 11.3 Å². The number of anilines is 1. The van der Waals surface area contributed by atoms with Gasteiger partial charge in [0.05, 0.1) is 11.4 Å². The monoisotopic (exact) mass is 438 g/mol. The van der Waals surface area contributed by atoms with Crippen molar-refractivity contribution in [2.75, 3.05) is 5.43 Å². The predicted octanol–water partition coefficient (Wildman–Crippen LogP) is 6.11. The van der Waals surface area contributed by atoms with Gasteiger partial charge >= 0.3 is 0 Å². The van der Waals surface area contributed by atoms with Gasteiger partial charge < -0.3 is 0 Å². The highest BCUT2D eigenvalue weighted by Gasteiger charge is 2.11. The molecule has 1 heterocycles. The normalized spacial score (nSPS) is 11.4. The van der Waals surface area contributed by atoms with E-state index in [1.807, 2.05) is 29.6 Å². The van der Waals surface area contributed by atoms with Gasteiger partial charge in [-0.15, -0.1) is 11.3 Å². The smallest absolute Gasteiger partial charge is 0.196 e. The molecule has 136 valence electrons. The molecular formula is C21H19BrN4S. The summed E-state index contributed by atoms with van der Waals surface area (Å²) in [6.45, 7) is 4.43. The van der Waals surface area contributed by atoms with Crippen LogP contribution in [-0.4, -0.2) is 10.7 Å². The standard InChI is InChI=1S/C21H19BrN4S/c1-14(2)11-15-3-5-16(6-4-15)20-13-27-21(24-20)19(12-23)26-25-18-9-7-17(22)8-10-18/h3-10,13-14,25H,11H2,1-2H3/b26-19+. The highest BCUT2D eigenvalue weighted by atomic mass is 79.9. The second kappa shape index (κ2) is 8.94. The average Bonchev–Trinajstić information content (AvgIpc) is 3.14. The molecule has 0 amide bonds. The number of benzene rings is 2. The molecule has 2 aromatic carbocycles. The lowest BCUT2D eigenvalue weighted by Gasteiger charge is -2.05. The fourth-order valence-electron chi connectivity index (χ4n) is 2.56. The molecule has 0 aliphatic heterocycles. The highest BCUT2D eigenvalue weighted by Crippen LogP contribution is 2.23. The summed E-state index contributed by atoms with van der Waals surface area (Å²) < 4.78 is 0.988. The van der Waals surface area contributed by atoms with Crippen LogP contribution >= 0.6 is 27.3 Å². The average molecular weight is 439 g/mol. The van der Waals surface area contributed by atoms with E-state index >= 15 is 0 Å². The number of halogens is 1. The SMILES string of the molecule is CC(C)Cc1ccc(-c2csc(/C(C#N)=N/Nc3ccc(Br)cc3)n2)cc1. The Kier molecular flexibility index (Phi) is 6.38. The number of hydrazone groups is 1. The summed E-state index contributed by atoms with van der Waals surface area (Å²) in [5, 5.41) is 16.2. The second-order valence-electron chi connectivity index (χ2n) is 6.52. The maximum atomic E-state index is 9.44. The number of nitriles is 1. The number of thiazole rings is 1. The van der Waals surface area contributed by atoms with Crippen LogP contribution < -0.4 is 5.43 Å². The molecule has 1 aromatic heterocycles. The van der Waals surface area contributed by atoms with Gasteiger partial charge in [-0.25, -0.2) is 4.98 Å². The van der Waals surface area contributed by atoms with Gasteiger partial charge in [-0.3, -0.25) is 5.43 Å². The van der Waals surface area contributed by atoms with E-state index in [0.29, 0.717) is 10.9 Å². The summed E-state index contributed by atoms with van der Waals surface area (Å²) in [5.41, 5.74) is 7.21. The molecule has 0 spiro atoms. The Hall–Kier alpha value is -2.49. The third-order valence-electron chi connectivity index (χ3n) is 3.85. The summed E-state index contributed by atoms with van der Waals surface area (Å²) >= 11 is 4.81. The van der Waals surface area contributed by atoms with Gasteiger partial charge in [-0.1, -0.05) is 54.0 Å². The van der Waals surface area contributed by atoms with Crippen LogP contribution in [0, 0.1) is 17.2 Å². The molecule has 0 aliphatic carbocycles. The minimum atomic E-state index is 0.269. The van der Waals surface area contributed by atoms with Crippen molar-refractivity contribution in [1.29, 1.82) is 5.26 Å². The van der Waals surface area contributed by atoms with Crippen LogP contribution in [-0.2, 0) is 6.42 Å². The third-order valence-corrected chi connectivity index (χ3v) is 5.23. The number of nitrogens with zero attached hydrogens (tertiary/aromatic N) is 3. The first-order chi connectivity index (χ1) is 13.0. The molecule has 0 unspecified atom stereocenters. The summed E-state index contributed by atoms with van der Waals surface area (Å²) in [6.07, 6.45) is 1.07. The van der Waals surface area contributed by atoms with Gasteiger partial charge in [0, 0.05) is 15.4 Å². The van der Waals surface area contributed by atoms with Gasteiger partial charge in [-0.05, 0) is 42.2 Å². The van der Waals surface area contributed by atoms with E-state index in [1.165, 1.54) is 16.9 Å².